The molecule has 19 heavy (non-hydrogen) atoms. The molecule has 0 bridgehead atoms. The number of allylic oxidation sites excluding steroid dienone is 3. The smallest absolute Gasteiger partial charge is 0.0389 e. The standard InChI is InChI=1S/C17H28N2/c1-2-6-17-8-5-14-19(15-17)13-4-3-7-16-9-11-18-12-10-16/h2,5,8,14,16,18H,1,3-4,6-7,9-13,15H2. The first kappa shape index (κ1) is 14.4. The predicted octanol–water partition coefficient (Wildman–Crippen LogP) is 3.49. The highest BCUT2D eigenvalue weighted by Crippen LogP contribution is 2.19. The molecule has 0 amide bonds. The minimum Gasteiger partial charge on any atom is -0.373 e. The fourth-order valence-corrected chi connectivity index (χ4v) is 3.06. The normalized spacial score (nSPS) is 20.4. The zero-order valence-electron chi connectivity index (χ0n) is 12.1. The zero-order chi connectivity index (χ0) is 13.3. The Morgan fingerprint density at radius 1 is 1.32 bits per heavy atom. The molecule has 2 aliphatic heterocycles. The Kier molecular flexibility index (Phi) is 6.22. The van der Waals surface area contributed by atoms with Crippen molar-refractivity contribution in [3.05, 3.63) is 36.6 Å². The van der Waals surface area contributed by atoms with Crippen LogP contribution in [-0.2, 0) is 0 Å². The van der Waals surface area contributed by atoms with E-state index in [1.54, 1.807) is 0 Å². The molecule has 1 saturated heterocycles. The van der Waals surface area contributed by atoms with E-state index >= 15 is 0 Å². The Morgan fingerprint density at radius 2 is 2.16 bits per heavy atom. The maximum Gasteiger partial charge on any atom is 0.0389 e. The van der Waals surface area contributed by atoms with Crippen molar-refractivity contribution in [2.75, 3.05) is 26.2 Å². The molecule has 0 saturated carbocycles. The first-order valence-electron chi connectivity index (χ1n) is 7.80. The van der Waals surface area contributed by atoms with Crippen LogP contribution in [0.1, 0.15) is 38.5 Å². The predicted molar refractivity (Wildman–Crippen MR) is 83.1 cm³/mol. The van der Waals surface area contributed by atoms with Gasteiger partial charge in [0.2, 0.25) is 0 Å². The molecule has 106 valence electrons. The number of nitrogens with one attached hydrogen (secondary N) is 1. The van der Waals surface area contributed by atoms with Gasteiger partial charge in [-0.25, -0.2) is 0 Å². The summed E-state index contributed by atoms with van der Waals surface area (Å²) in [7, 11) is 0. The van der Waals surface area contributed by atoms with Crippen LogP contribution in [0.4, 0.5) is 0 Å². The molecule has 2 heteroatoms. The number of hydrogen-bond acceptors (Lipinski definition) is 2. The second-order valence-electron chi connectivity index (χ2n) is 5.82. The van der Waals surface area contributed by atoms with E-state index in [1.807, 2.05) is 6.08 Å². The summed E-state index contributed by atoms with van der Waals surface area (Å²) in [5.41, 5.74) is 1.48. The maximum atomic E-state index is 3.82. The minimum atomic E-state index is 0.981. The largest absolute Gasteiger partial charge is 0.373 e. The van der Waals surface area contributed by atoms with Crippen LogP contribution >= 0.6 is 0 Å². The molecule has 2 heterocycles. The summed E-state index contributed by atoms with van der Waals surface area (Å²) in [6.07, 6.45) is 16.6. The first-order chi connectivity index (χ1) is 9.38. The molecule has 0 aliphatic carbocycles. The summed E-state index contributed by atoms with van der Waals surface area (Å²) in [6.45, 7) is 8.58. The fraction of sp³-hybridized carbons (Fsp3) is 0.647. The van der Waals surface area contributed by atoms with Gasteiger partial charge in [0.25, 0.3) is 0 Å². The molecule has 1 N–H and O–H groups in total. The van der Waals surface area contributed by atoms with E-state index < -0.39 is 0 Å². The van der Waals surface area contributed by atoms with Crippen molar-refractivity contribution in [2.45, 2.75) is 38.5 Å². The van der Waals surface area contributed by atoms with Crippen LogP contribution < -0.4 is 5.32 Å². The third-order valence-electron chi connectivity index (χ3n) is 4.21. The van der Waals surface area contributed by atoms with Gasteiger partial charge in [0.15, 0.2) is 0 Å². The molecule has 0 aromatic heterocycles. The molecule has 0 radical (unpaired) electrons. The average Bonchev–Trinajstić information content (AvgIpc) is 2.46. The third kappa shape index (κ3) is 5.23. The van der Waals surface area contributed by atoms with Crippen molar-refractivity contribution in [1.29, 1.82) is 0 Å². The molecule has 2 aliphatic rings. The average molecular weight is 260 g/mol. The molecule has 0 spiro atoms. The number of piperidine rings is 1. The van der Waals surface area contributed by atoms with E-state index in [-0.39, 0.29) is 0 Å². The monoisotopic (exact) mass is 260 g/mol. The van der Waals surface area contributed by atoms with E-state index in [2.05, 4.69) is 35.1 Å². The molecule has 0 aromatic carbocycles. The lowest BCUT2D eigenvalue weighted by Crippen LogP contribution is -2.28. The Bertz CT molecular complexity index is 324. The number of rotatable bonds is 7. The van der Waals surface area contributed by atoms with Crippen LogP contribution in [0.5, 0.6) is 0 Å². The van der Waals surface area contributed by atoms with E-state index in [4.69, 9.17) is 0 Å². The van der Waals surface area contributed by atoms with Crippen molar-refractivity contribution in [1.82, 2.24) is 10.2 Å². The van der Waals surface area contributed by atoms with Crippen LogP contribution in [0.15, 0.2) is 36.6 Å². The van der Waals surface area contributed by atoms with E-state index in [1.165, 1.54) is 57.3 Å². The van der Waals surface area contributed by atoms with Gasteiger partial charge >= 0.3 is 0 Å². The number of hydrogen-bond donors (Lipinski definition) is 1. The second-order valence-corrected chi connectivity index (χ2v) is 5.82. The van der Waals surface area contributed by atoms with Gasteiger partial charge in [-0.3, -0.25) is 0 Å². The van der Waals surface area contributed by atoms with Crippen molar-refractivity contribution in [2.24, 2.45) is 5.92 Å². The summed E-state index contributed by atoms with van der Waals surface area (Å²) < 4.78 is 0. The van der Waals surface area contributed by atoms with Gasteiger partial charge in [-0.1, -0.05) is 25.0 Å². The van der Waals surface area contributed by atoms with Crippen LogP contribution in [0.25, 0.3) is 0 Å². The van der Waals surface area contributed by atoms with Crippen molar-refractivity contribution in [3.8, 4) is 0 Å². The highest BCUT2D eigenvalue weighted by atomic mass is 15.1. The Labute approximate surface area is 118 Å². The summed E-state index contributed by atoms with van der Waals surface area (Å²) >= 11 is 0. The highest BCUT2D eigenvalue weighted by molar-refractivity contribution is 5.20. The second kappa shape index (κ2) is 8.21. The van der Waals surface area contributed by atoms with Gasteiger partial charge in [-0.05, 0) is 62.5 Å². The molecule has 0 unspecified atom stereocenters. The lowest BCUT2D eigenvalue weighted by molar-refractivity contribution is 0.327. The van der Waals surface area contributed by atoms with E-state index in [9.17, 15) is 0 Å². The van der Waals surface area contributed by atoms with Crippen LogP contribution in [-0.4, -0.2) is 31.1 Å². The first-order valence-corrected chi connectivity index (χ1v) is 7.80. The molecule has 2 rings (SSSR count). The quantitative estimate of drug-likeness (QED) is 0.557. The number of nitrogens with zero attached hydrogens (tertiary/aromatic N) is 1. The summed E-state index contributed by atoms with van der Waals surface area (Å²) in [4.78, 5) is 2.45. The Morgan fingerprint density at radius 3 is 2.95 bits per heavy atom. The van der Waals surface area contributed by atoms with Crippen molar-refractivity contribution >= 4 is 0 Å². The Balaban J connectivity index is 1.57. The van der Waals surface area contributed by atoms with Gasteiger partial charge in [0, 0.05) is 13.1 Å². The Hall–Kier alpha value is -1.02. The molecule has 2 nitrogen and oxygen atoms in total. The highest BCUT2D eigenvalue weighted by Gasteiger charge is 2.12. The molecular weight excluding hydrogens is 232 g/mol. The van der Waals surface area contributed by atoms with Gasteiger partial charge in [0.05, 0.1) is 0 Å². The lowest BCUT2D eigenvalue weighted by atomic mass is 9.92. The van der Waals surface area contributed by atoms with Gasteiger partial charge < -0.3 is 10.2 Å². The lowest BCUT2D eigenvalue weighted by Gasteiger charge is -2.25. The van der Waals surface area contributed by atoms with Crippen LogP contribution in [0, 0.1) is 5.92 Å². The van der Waals surface area contributed by atoms with Crippen molar-refractivity contribution in [3.63, 3.8) is 0 Å². The summed E-state index contributed by atoms with van der Waals surface area (Å²) in [5, 5.41) is 3.44. The summed E-state index contributed by atoms with van der Waals surface area (Å²) in [6, 6.07) is 0. The number of unbranched alkanes of at least 4 members (excludes halogenated alkanes) is 1. The zero-order valence-corrected chi connectivity index (χ0v) is 12.1. The third-order valence-corrected chi connectivity index (χ3v) is 4.21. The van der Waals surface area contributed by atoms with E-state index in [0.717, 1.165) is 18.9 Å². The van der Waals surface area contributed by atoms with Crippen molar-refractivity contribution < 1.29 is 0 Å². The van der Waals surface area contributed by atoms with Gasteiger partial charge in [0.1, 0.15) is 0 Å². The molecule has 1 fully saturated rings. The molecular formula is C17H28N2. The van der Waals surface area contributed by atoms with Gasteiger partial charge in [-0.2, -0.15) is 0 Å². The van der Waals surface area contributed by atoms with Crippen LogP contribution in [0.3, 0.4) is 0 Å². The SMILES string of the molecule is C=CCC1=CC=CN(CCCCC2CCNCC2)C1. The topological polar surface area (TPSA) is 15.3 Å². The van der Waals surface area contributed by atoms with Crippen LogP contribution in [0.2, 0.25) is 0 Å². The van der Waals surface area contributed by atoms with E-state index in [0.29, 0.717) is 0 Å². The summed E-state index contributed by atoms with van der Waals surface area (Å²) in [5.74, 6) is 0.981. The minimum absolute atomic E-state index is 0.981. The fourth-order valence-electron chi connectivity index (χ4n) is 3.06. The maximum absolute atomic E-state index is 3.82. The van der Waals surface area contributed by atoms with Gasteiger partial charge in [-0.15, -0.1) is 6.58 Å². The molecule has 0 atom stereocenters. The molecule has 0 aromatic rings.